The highest BCUT2D eigenvalue weighted by Crippen LogP contribution is 2.32. The highest BCUT2D eigenvalue weighted by Gasteiger charge is 2.37. The van der Waals surface area contributed by atoms with Crippen molar-refractivity contribution >= 4 is 40.1 Å². The van der Waals surface area contributed by atoms with Gasteiger partial charge in [0, 0.05) is 3.57 Å². The Morgan fingerprint density at radius 2 is 1.83 bits per heavy atom. The maximum atomic E-state index is 9.89. The van der Waals surface area contributed by atoms with E-state index in [4.69, 9.17) is 15.2 Å². The van der Waals surface area contributed by atoms with Crippen LogP contribution in [0.15, 0.2) is 83.5 Å². The van der Waals surface area contributed by atoms with E-state index in [9.17, 15) is 10.5 Å². The largest absolute Gasteiger partial charge is 0.493 e. The molecule has 1 aliphatic heterocycles. The molecule has 0 bridgehead atoms. The molecule has 0 spiro atoms. The zero-order valence-electron chi connectivity index (χ0n) is 18.9. The monoisotopic (exact) mass is 575 g/mol. The minimum absolute atomic E-state index is 0.264. The molecule has 4 rings (SSSR count). The topological polar surface area (TPSA) is 108 Å². The normalized spacial score (nSPS) is 17.3. The molecule has 0 saturated heterocycles. The molecule has 0 fully saturated rings. The number of nitrogens with zero attached hydrogens (tertiary/aromatic N) is 4. The number of rotatable bonds is 7. The number of nitrogens with two attached hydrogens (primary N) is 1. The molecule has 8 heteroatoms. The highest BCUT2D eigenvalue weighted by molar-refractivity contribution is 14.1. The summed E-state index contributed by atoms with van der Waals surface area (Å²) >= 11 is 2.26. The summed E-state index contributed by atoms with van der Waals surface area (Å²) in [6.07, 6.45) is 0.983. The first kappa shape index (κ1) is 24.3. The van der Waals surface area contributed by atoms with Crippen molar-refractivity contribution in [3.63, 3.8) is 0 Å². The van der Waals surface area contributed by atoms with E-state index in [0.29, 0.717) is 29.4 Å². The second kappa shape index (κ2) is 11.0. The standard InChI is InChI=1S/C27H22IN5O2/c1-34-25-14-19(9-12-24(25)35-17-18-7-10-21(28)11-8-18)13-20(15-29)26-23(16-30)27(31)33(32-26)22-5-3-2-4-6-22/h2-14,23,27H,17,31H2,1H3/b20-13-/t23-,27+/m0/s1. The molecule has 0 radical (unpaired) electrons. The lowest BCUT2D eigenvalue weighted by molar-refractivity contribution is 0.284. The van der Waals surface area contributed by atoms with Crippen molar-refractivity contribution in [2.24, 2.45) is 16.8 Å². The number of hydrogen-bond acceptors (Lipinski definition) is 7. The fourth-order valence-electron chi connectivity index (χ4n) is 3.68. The third kappa shape index (κ3) is 5.46. The molecule has 1 heterocycles. The van der Waals surface area contributed by atoms with Crippen LogP contribution in [-0.4, -0.2) is 19.0 Å². The Labute approximate surface area is 217 Å². The number of anilines is 1. The molecule has 7 nitrogen and oxygen atoms in total. The van der Waals surface area contributed by atoms with Gasteiger partial charge in [-0.3, -0.25) is 0 Å². The van der Waals surface area contributed by atoms with E-state index in [2.05, 4.69) is 39.8 Å². The Bertz CT molecular complexity index is 1340. The predicted octanol–water partition coefficient (Wildman–Crippen LogP) is 5.09. The number of hydrazone groups is 1. The van der Waals surface area contributed by atoms with Crippen LogP contribution in [0.4, 0.5) is 5.69 Å². The first-order chi connectivity index (χ1) is 17.0. The Morgan fingerprint density at radius 1 is 1.09 bits per heavy atom. The number of halogens is 1. The third-order valence-electron chi connectivity index (χ3n) is 5.50. The quantitative estimate of drug-likeness (QED) is 0.311. The van der Waals surface area contributed by atoms with Gasteiger partial charge < -0.3 is 15.2 Å². The van der Waals surface area contributed by atoms with Crippen molar-refractivity contribution in [1.29, 1.82) is 10.5 Å². The summed E-state index contributed by atoms with van der Waals surface area (Å²) in [6.45, 7) is 0.403. The molecule has 1 aliphatic rings. The van der Waals surface area contributed by atoms with Crippen LogP contribution in [0.5, 0.6) is 11.5 Å². The molecule has 0 aliphatic carbocycles. The molecule has 0 unspecified atom stereocenters. The van der Waals surface area contributed by atoms with Crippen LogP contribution in [-0.2, 0) is 6.61 Å². The fourth-order valence-corrected chi connectivity index (χ4v) is 4.04. The predicted molar refractivity (Wildman–Crippen MR) is 144 cm³/mol. The summed E-state index contributed by atoms with van der Waals surface area (Å²) in [5, 5.41) is 25.8. The number of allylic oxidation sites excluding steroid dienone is 1. The zero-order chi connectivity index (χ0) is 24.8. The van der Waals surface area contributed by atoms with Crippen molar-refractivity contribution < 1.29 is 9.47 Å². The fraction of sp³-hybridized carbons (Fsp3) is 0.148. The third-order valence-corrected chi connectivity index (χ3v) is 6.22. The summed E-state index contributed by atoms with van der Waals surface area (Å²) < 4.78 is 12.6. The Kier molecular flexibility index (Phi) is 7.66. The van der Waals surface area contributed by atoms with E-state index in [-0.39, 0.29) is 5.57 Å². The lowest BCUT2D eigenvalue weighted by Gasteiger charge is -2.21. The molecule has 2 N–H and O–H groups in total. The van der Waals surface area contributed by atoms with Crippen molar-refractivity contribution in [1.82, 2.24) is 0 Å². The van der Waals surface area contributed by atoms with Gasteiger partial charge in [-0.05, 0) is 76.2 Å². The second-order valence-electron chi connectivity index (χ2n) is 7.76. The molecule has 0 amide bonds. The maximum Gasteiger partial charge on any atom is 0.161 e. The van der Waals surface area contributed by atoms with Crippen molar-refractivity contribution in [2.75, 3.05) is 12.1 Å². The number of para-hydroxylation sites is 1. The number of benzene rings is 3. The van der Waals surface area contributed by atoms with Gasteiger partial charge in [0.15, 0.2) is 11.5 Å². The molecule has 0 saturated carbocycles. The molecule has 174 valence electrons. The second-order valence-corrected chi connectivity index (χ2v) is 9.00. The smallest absolute Gasteiger partial charge is 0.161 e. The van der Waals surface area contributed by atoms with Crippen LogP contribution in [0.3, 0.4) is 0 Å². The highest BCUT2D eigenvalue weighted by atomic mass is 127. The summed E-state index contributed by atoms with van der Waals surface area (Å²) in [5.41, 5.74) is 9.43. The van der Waals surface area contributed by atoms with Gasteiger partial charge >= 0.3 is 0 Å². The number of ether oxygens (including phenoxy) is 2. The maximum absolute atomic E-state index is 9.89. The Balaban J connectivity index is 1.60. The van der Waals surface area contributed by atoms with Crippen molar-refractivity contribution in [2.45, 2.75) is 12.8 Å². The van der Waals surface area contributed by atoms with Gasteiger partial charge in [-0.25, -0.2) is 5.01 Å². The Hall–Kier alpha value is -3.86. The van der Waals surface area contributed by atoms with Crippen LogP contribution < -0.4 is 20.2 Å². The average molecular weight is 575 g/mol. The van der Waals surface area contributed by atoms with E-state index in [1.54, 1.807) is 30.3 Å². The molecule has 35 heavy (non-hydrogen) atoms. The van der Waals surface area contributed by atoms with Crippen LogP contribution in [0, 0.1) is 32.2 Å². The number of nitriles is 2. The van der Waals surface area contributed by atoms with Gasteiger partial charge in [0.2, 0.25) is 0 Å². The number of methoxy groups -OCH3 is 1. The van der Waals surface area contributed by atoms with Crippen LogP contribution in [0.25, 0.3) is 6.08 Å². The van der Waals surface area contributed by atoms with Crippen molar-refractivity contribution in [3.8, 4) is 23.6 Å². The summed E-state index contributed by atoms with van der Waals surface area (Å²) in [4.78, 5) is 0. The summed E-state index contributed by atoms with van der Waals surface area (Å²) in [6, 6.07) is 27.2. The minimum atomic E-state index is -0.750. The van der Waals surface area contributed by atoms with Gasteiger partial charge in [0.1, 0.15) is 24.8 Å². The first-order valence-electron chi connectivity index (χ1n) is 10.8. The van der Waals surface area contributed by atoms with Gasteiger partial charge in [-0.1, -0.05) is 36.4 Å². The van der Waals surface area contributed by atoms with E-state index >= 15 is 0 Å². The van der Waals surface area contributed by atoms with E-state index in [0.717, 1.165) is 14.8 Å². The molecule has 3 aromatic carbocycles. The van der Waals surface area contributed by atoms with Gasteiger partial charge in [0.05, 0.1) is 30.2 Å². The summed E-state index contributed by atoms with van der Waals surface area (Å²) in [5.74, 6) is 0.376. The van der Waals surface area contributed by atoms with Gasteiger partial charge in [0.25, 0.3) is 0 Å². The zero-order valence-corrected chi connectivity index (χ0v) is 21.1. The van der Waals surface area contributed by atoms with Crippen LogP contribution in [0.1, 0.15) is 11.1 Å². The van der Waals surface area contributed by atoms with Gasteiger partial charge in [-0.2, -0.15) is 15.6 Å². The number of hydrogen-bond donors (Lipinski definition) is 1. The van der Waals surface area contributed by atoms with Crippen LogP contribution in [0.2, 0.25) is 0 Å². The van der Waals surface area contributed by atoms with E-state index in [1.807, 2.05) is 60.7 Å². The molecule has 3 aromatic rings. The Morgan fingerprint density at radius 3 is 2.49 bits per heavy atom. The van der Waals surface area contributed by atoms with E-state index < -0.39 is 12.1 Å². The molecular weight excluding hydrogens is 553 g/mol. The summed E-state index contributed by atoms with van der Waals surface area (Å²) in [7, 11) is 1.56. The van der Waals surface area contributed by atoms with Crippen molar-refractivity contribution in [3.05, 3.63) is 93.1 Å². The van der Waals surface area contributed by atoms with Crippen LogP contribution >= 0.6 is 22.6 Å². The molecule has 2 atom stereocenters. The molecule has 0 aromatic heterocycles. The first-order valence-corrected chi connectivity index (χ1v) is 11.9. The average Bonchev–Trinajstić information content (AvgIpc) is 3.23. The lowest BCUT2D eigenvalue weighted by Crippen LogP contribution is -2.40. The lowest BCUT2D eigenvalue weighted by atomic mass is 9.95. The SMILES string of the molecule is COc1cc(/C=C(/C#N)C2=NN(c3ccccc3)[C@@H](N)[C@H]2C#N)ccc1OCc1ccc(I)cc1. The minimum Gasteiger partial charge on any atom is -0.493 e. The molecular formula is C27H22IN5O2. The van der Waals surface area contributed by atoms with Gasteiger partial charge in [-0.15, -0.1) is 0 Å². The van der Waals surface area contributed by atoms with E-state index in [1.165, 1.54) is 0 Å².